The number of nitrogens with one attached hydrogen (secondary N) is 1. The lowest BCUT2D eigenvalue weighted by Crippen LogP contribution is -1.99. The molecule has 0 aliphatic carbocycles. The van der Waals surface area contributed by atoms with Crippen molar-refractivity contribution in [2.75, 3.05) is 5.43 Å². The SMILES string of the molecule is O=C(O)c1ccc(N/N=C/c2ccccc2OCc2ccc(Br)cc2)cc1. The maximum Gasteiger partial charge on any atom is 0.335 e. The number of hydrazone groups is 1. The van der Waals surface area contributed by atoms with Gasteiger partial charge in [0.15, 0.2) is 0 Å². The fourth-order valence-electron chi connectivity index (χ4n) is 2.32. The van der Waals surface area contributed by atoms with E-state index >= 15 is 0 Å². The van der Waals surface area contributed by atoms with Gasteiger partial charge in [-0.3, -0.25) is 5.43 Å². The van der Waals surface area contributed by atoms with Crippen molar-refractivity contribution in [1.29, 1.82) is 0 Å². The van der Waals surface area contributed by atoms with Gasteiger partial charge in [-0.25, -0.2) is 4.79 Å². The summed E-state index contributed by atoms with van der Waals surface area (Å²) < 4.78 is 6.94. The van der Waals surface area contributed by atoms with Crippen LogP contribution in [0.15, 0.2) is 82.4 Å². The average molecular weight is 425 g/mol. The molecule has 0 atom stereocenters. The number of carbonyl (C=O) groups is 1. The van der Waals surface area contributed by atoms with E-state index in [1.54, 1.807) is 18.3 Å². The molecular weight excluding hydrogens is 408 g/mol. The normalized spacial score (nSPS) is 10.7. The molecule has 136 valence electrons. The van der Waals surface area contributed by atoms with Gasteiger partial charge in [-0.05, 0) is 54.1 Å². The van der Waals surface area contributed by atoms with Crippen LogP contribution < -0.4 is 10.2 Å². The first-order valence-corrected chi connectivity index (χ1v) is 9.00. The predicted octanol–water partition coefficient (Wildman–Crippen LogP) is 5.17. The van der Waals surface area contributed by atoms with E-state index in [1.165, 1.54) is 12.1 Å². The minimum Gasteiger partial charge on any atom is -0.488 e. The number of halogens is 1. The summed E-state index contributed by atoms with van der Waals surface area (Å²) in [4.78, 5) is 10.9. The molecule has 0 aromatic heterocycles. The second-order valence-corrected chi connectivity index (χ2v) is 6.62. The van der Waals surface area contributed by atoms with Crippen LogP contribution in [0.5, 0.6) is 5.75 Å². The number of ether oxygens (including phenoxy) is 1. The van der Waals surface area contributed by atoms with E-state index in [0.29, 0.717) is 12.3 Å². The fraction of sp³-hybridized carbons (Fsp3) is 0.0476. The van der Waals surface area contributed by atoms with Gasteiger partial charge in [-0.1, -0.05) is 40.2 Å². The number of nitrogens with zero attached hydrogens (tertiary/aromatic N) is 1. The second-order valence-electron chi connectivity index (χ2n) is 5.71. The van der Waals surface area contributed by atoms with Crippen LogP contribution in [0.2, 0.25) is 0 Å². The quantitative estimate of drug-likeness (QED) is 0.405. The molecular formula is C21H17BrN2O3. The summed E-state index contributed by atoms with van der Waals surface area (Å²) in [5, 5.41) is 13.1. The average Bonchev–Trinajstić information content (AvgIpc) is 2.69. The number of hydrogen-bond acceptors (Lipinski definition) is 4. The van der Waals surface area contributed by atoms with Crippen LogP contribution in [0.1, 0.15) is 21.5 Å². The number of carboxylic acids is 1. The number of para-hydroxylation sites is 1. The molecule has 3 rings (SSSR count). The molecule has 0 heterocycles. The Labute approximate surface area is 165 Å². The molecule has 0 spiro atoms. The number of aromatic carboxylic acids is 1. The highest BCUT2D eigenvalue weighted by Gasteiger charge is 2.03. The van der Waals surface area contributed by atoms with E-state index in [1.807, 2.05) is 48.5 Å². The molecule has 0 unspecified atom stereocenters. The zero-order valence-corrected chi connectivity index (χ0v) is 15.9. The number of hydrogen-bond donors (Lipinski definition) is 2. The molecule has 3 aromatic rings. The number of anilines is 1. The van der Waals surface area contributed by atoms with Gasteiger partial charge in [0.1, 0.15) is 12.4 Å². The number of benzene rings is 3. The van der Waals surface area contributed by atoms with Crippen molar-refractivity contribution in [2.45, 2.75) is 6.61 Å². The Morgan fingerprint density at radius 3 is 2.44 bits per heavy atom. The maximum atomic E-state index is 10.9. The Kier molecular flexibility index (Phi) is 6.22. The molecule has 0 bridgehead atoms. The fourth-order valence-corrected chi connectivity index (χ4v) is 2.59. The van der Waals surface area contributed by atoms with Gasteiger partial charge < -0.3 is 9.84 Å². The van der Waals surface area contributed by atoms with Crippen LogP contribution in [0.3, 0.4) is 0 Å². The Hall–Kier alpha value is -3.12. The molecule has 0 saturated carbocycles. The molecule has 0 amide bonds. The molecule has 0 aliphatic rings. The van der Waals surface area contributed by atoms with Crippen LogP contribution in [0.25, 0.3) is 0 Å². The third-order valence-electron chi connectivity index (χ3n) is 3.76. The van der Waals surface area contributed by atoms with Gasteiger partial charge in [0.2, 0.25) is 0 Å². The summed E-state index contributed by atoms with van der Waals surface area (Å²) >= 11 is 3.42. The minimum atomic E-state index is -0.957. The van der Waals surface area contributed by atoms with Crippen molar-refractivity contribution in [3.8, 4) is 5.75 Å². The van der Waals surface area contributed by atoms with Crippen LogP contribution in [0, 0.1) is 0 Å². The zero-order valence-electron chi connectivity index (χ0n) is 14.3. The van der Waals surface area contributed by atoms with E-state index in [4.69, 9.17) is 9.84 Å². The van der Waals surface area contributed by atoms with Crippen LogP contribution >= 0.6 is 15.9 Å². The summed E-state index contributed by atoms with van der Waals surface area (Å²) in [6, 6.07) is 22.0. The highest BCUT2D eigenvalue weighted by atomic mass is 79.9. The summed E-state index contributed by atoms with van der Waals surface area (Å²) in [7, 11) is 0. The van der Waals surface area contributed by atoms with Crippen molar-refractivity contribution < 1.29 is 14.6 Å². The lowest BCUT2D eigenvalue weighted by molar-refractivity contribution is 0.0697. The van der Waals surface area contributed by atoms with Crippen molar-refractivity contribution in [1.82, 2.24) is 0 Å². The standard InChI is InChI=1S/C21H17BrN2O3/c22-18-9-5-15(6-10-18)14-27-20-4-2-1-3-17(20)13-23-24-19-11-7-16(8-12-19)21(25)26/h1-13,24H,14H2,(H,25,26)/b23-13+. The summed E-state index contributed by atoms with van der Waals surface area (Å²) in [6.07, 6.45) is 1.67. The molecule has 0 radical (unpaired) electrons. The highest BCUT2D eigenvalue weighted by Crippen LogP contribution is 2.19. The molecule has 27 heavy (non-hydrogen) atoms. The lowest BCUT2D eigenvalue weighted by atomic mass is 10.2. The monoisotopic (exact) mass is 424 g/mol. The van der Waals surface area contributed by atoms with E-state index < -0.39 is 5.97 Å². The van der Waals surface area contributed by atoms with Crippen LogP contribution in [-0.2, 0) is 6.61 Å². The third kappa shape index (κ3) is 5.43. The minimum absolute atomic E-state index is 0.233. The van der Waals surface area contributed by atoms with Gasteiger partial charge in [0, 0.05) is 10.0 Å². The summed E-state index contributed by atoms with van der Waals surface area (Å²) in [6.45, 7) is 0.461. The Morgan fingerprint density at radius 1 is 1.04 bits per heavy atom. The Balaban J connectivity index is 1.63. The summed E-state index contributed by atoms with van der Waals surface area (Å²) in [5.74, 6) is -0.228. The largest absolute Gasteiger partial charge is 0.488 e. The molecule has 2 N–H and O–H groups in total. The topological polar surface area (TPSA) is 70.9 Å². The first kappa shape index (κ1) is 18.7. The molecule has 5 nitrogen and oxygen atoms in total. The smallest absolute Gasteiger partial charge is 0.335 e. The van der Waals surface area contributed by atoms with Crippen LogP contribution in [-0.4, -0.2) is 17.3 Å². The van der Waals surface area contributed by atoms with E-state index in [-0.39, 0.29) is 5.56 Å². The Bertz CT molecular complexity index is 938. The van der Waals surface area contributed by atoms with E-state index in [2.05, 4.69) is 26.5 Å². The first-order valence-electron chi connectivity index (χ1n) is 8.20. The van der Waals surface area contributed by atoms with Gasteiger partial charge in [0.05, 0.1) is 17.5 Å². The third-order valence-corrected chi connectivity index (χ3v) is 4.28. The van der Waals surface area contributed by atoms with Gasteiger partial charge in [0.25, 0.3) is 0 Å². The number of rotatable bonds is 7. The molecule has 0 aliphatic heterocycles. The lowest BCUT2D eigenvalue weighted by Gasteiger charge is -2.09. The van der Waals surface area contributed by atoms with E-state index in [0.717, 1.165) is 21.3 Å². The van der Waals surface area contributed by atoms with Gasteiger partial charge in [-0.15, -0.1) is 0 Å². The van der Waals surface area contributed by atoms with Gasteiger partial charge in [-0.2, -0.15) is 5.10 Å². The van der Waals surface area contributed by atoms with Crippen molar-refractivity contribution in [3.63, 3.8) is 0 Å². The molecule has 0 saturated heterocycles. The second kappa shape index (κ2) is 9.00. The molecule has 3 aromatic carbocycles. The number of carboxylic acid groups (broad SMARTS) is 1. The maximum absolute atomic E-state index is 10.9. The van der Waals surface area contributed by atoms with E-state index in [9.17, 15) is 4.79 Å². The molecule has 0 fully saturated rings. The Morgan fingerprint density at radius 2 is 1.74 bits per heavy atom. The van der Waals surface area contributed by atoms with Crippen molar-refractivity contribution in [2.24, 2.45) is 5.10 Å². The first-order chi connectivity index (χ1) is 13.1. The zero-order chi connectivity index (χ0) is 19.1. The predicted molar refractivity (Wildman–Crippen MR) is 110 cm³/mol. The van der Waals surface area contributed by atoms with Crippen LogP contribution in [0.4, 0.5) is 5.69 Å². The summed E-state index contributed by atoms with van der Waals surface area (Å²) in [5.41, 5.74) is 5.72. The highest BCUT2D eigenvalue weighted by molar-refractivity contribution is 9.10. The van der Waals surface area contributed by atoms with Crippen molar-refractivity contribution >= 4 is 33.8 Å². The molecule has 6 heteroatoms. The van der Waals surface area contributed by atoms with Gasteiger partial charge >= 0.3 is 5.97 Å². The van der Waals surface area contributed by atoms with Crippen molar-refractivity contribution in [3.05, 3.63) is 94.0 Å².